The fraction of sp³-hybridized carbons (Fsp3) is 0.929. The van der Waals surface area contributed by atoms with Gasteiger partial charge in [0.25, 0.3) is 0 Å². The Labute approximate surface area is 105 Å². The van der Waals surface area contributed by atoms with Gasteiger partial charge in [0.05, 0.1) is 0 Å². The first-order chi connectivity index (χ1) is 7.76. The highest BCUT2D eigenvalue weighted by Crippen LogP contribution is 2.68. The molecule has 2 aliphatic rings. The number of rotatable bonds is 2. The largest absolute Gasteiger partial charge is 0.353 e. The van der Waals surface area contributed by atoms with Crippen molar-refractivity contribution in [1.82, 2.24) is 5.32 Å². The van der Waals surface area contributed by atoms with Crippen molar-refractivity contribution in [3.63, 3.8) is 0 Å². The number of hydrogen-bond acceptors (Lipinski definition) is 2. The minimum atomic E-state index is 0.141. The van der Waals surface area contributed by atoms with Crippen molar-refractivity contribution in [3.8, 4) is 0 Å². The van der Waals surface area contributed by atoms with E-state index in [-0.39, 0.29) is 22.7 Å². The maximum absolute atomic E-state index is 12.2. The summed E-state index contributed by atoms with van der Waals surface area (Å²) in [6.45, 7) is 8.75. The Kier molecular flexibility index (Phi) is 3.01. The summed E-state index contributed by atoms with van der Waals surface area (Å²) in [5.74, 6) is 0.422. The van der Waals surface area contributed by atoms with Gasteiger partial charge >= 0.3 is 0 Å². The van der Waals surface area contributed by atoms with Crippen LogP contribution in [0.1, 0.15) is 53.4 Å². The number of carbonyl (C=O) groups excluding carboxylic acids is 1. The van der Waals surface area contributed by atoms with Crippen molar-refractivity contribution in [3.05, 3.63) is 0 Å². The van der Waals surface area contributed by atoms with E-state index in [2.05, 4.69) is 33.0 Å². The third kappa shape index (κ3) is 2.10. The second-order valence-corrected chi connectivity index (χ2v) is 7.00. The van der Waals surface area contributed by atoms with Gasteiger partial charge in [-0.2, -0.15) is 0 Å². The molecule has 1 amide bonds. The van der Waals surface area contributed by atoms with Gasteiger partial charge in [0.2, 0.25) is 5.91 Å². The average Bonchev–Trinajstić information content (AvgIpc) is 2.61. The third-order valence-electron chi connectivity index (χ3n) is 5.40. The van der Waals surface area contributed by atoms with Crippen LogP contribution in [0.2, 0.25) is 0 Å². The lowest BCUT2D eigenvalue weighted by Crippen LogP contribution is -2.41. The van der Waals surface area contributed by atoms with Gasteiger partial charge < -0.3 is 11.1 Å². The molecule has 0 heterocycles. The van der Waals surface area contributed by atoms with Gasteiger partial charge in [-0.3, -0.25) is 4.79 Å². The molecule has 0 atom stereocenters. The number of hydrogen-bond donors (Lipinski definition) is 2. The quantitative estimate of drug-likeness (QED) is 0.773. The maximum Gasteiger partial charge on any atom is 0.224 e. The minimum absolute atomic E-state index is 0.141. The van der Waals surface area contributed by atoms with E-state index in [0.717, 1.165) is 25.7 Å². The molecule has 0 aromatic rings. The van der Waals surface area contributed by atoms with Crippen LogP contribution >= 0.6 is 0 Å². The maximum atomic E-state index is 12.2. The molecule has 2 saturated carbocycles. The molecular formula is C14H26N2O. The van der Waals surface area contributed by atoms with Gasteiger partial charge in [-0.05, 0) is 36.5 Å². The summed E-state index contributed by atoms with van der Waals surface area (Å²) in [7, 11) is 0. The van der Waals surface area contributed by atoms with Crippen LogP contribution in [0.5, 0.6) is 0 Å². The van der Waals surface area contributed by atoms with Crippen LogP contribution in [0.25, 0.3) is 0 Å². The van der Waals surface area contributed by atoms with E-state index < -0.39 is 0 Å². The molecule has 2 rings (SSSR count). The van der Waals surface area contributed by atoms with Gasteiger partial charge in [0.1, 0.15) is 0 Å². The Morgan fingerprint density at radius 1 is 1.06 bits per heavy atom. The second-order valence-electron chi connectivity index (χ2n) is 7.00. The summed E-state index contributed by atoms with van der Waals surface area (Å²) < 4.78 is 0. The molecule has 2 fully saturated rings. The van der Waals surface area contributed by atoms with Crippen LogP contribution in [0.3, 0.4) is 0 Å². The molecule has 3 heteroatoms. The summed E-state index contributed by atoms with van der Waals surface area (Å²) in [6.07, 6.45) is 4.17. The molecule has 0 unspecified atom stereocenters. The zero-order valence-electron chi connectivity index (χ0n) is 11.5. The Morgan fingerprint density at radius 2 is 1.53 bits per heavy atom. The van der Waals surface area contributed by atoms with Crippen molar-refractivity contribution >= 4 is 5.91 Å². The molecular weight excluding hydrogens is 212 g/mol. The van der Waals surface area contributed by atoms with E-state index in [1.807, 2.05) is 0 Å². The zero-order chi connectivity index (χ0) is 12.8. The van der Waals surface area contributed by atoms with E-state index in [0.29, 0.717) is 12.1 Å². The van der Waals surface area contributed by atoms with E-state index >= 15 is 0 Å². The SMILES string of the molecule is CC1(C)C(C(=O)NC2CCC(N)CC2)C1(C)C. The predicted molar refractivity (Wildman–Crippen MR) is 69.4 cm³/mol. The topological polar surface area (TPSA) is 55.1 Å². The van der Waals surface area contributed by atoms with Gasteiger partial charge in [-0.15, -0.1) is 0 Å². The molecule has 0 spiro atoms. The minimum Gasteiger partial charge on any atom is -0.353 e. The van der Waals surface area contributed by atoms with E-state index in [1.165, 1.54) is 0 Å². The van der Waals surface area contributed by atoms with Crippen LogP contribution in [-0.2, 0) is 4.79 Å². The number of nitrogens with two attached hydrogens (primary N) is 1. The van der Waals surface area contributed by atoms with Gasteiger partial charge in [-0.1, -0.05) is 27.7 Å². The van der Waals surface area contributed by atoms with Crippen LogP contribution < -0.4 is 11.1 Å². The highest BCUT2D eigenvalue weighted by atomic mass is 16.2. The summed E-state index contributed by atoms with van der Waals surface area (Å²) in [5.41, 5.74) is 6.16. The molecule has 3 nitrogen and oxygen atoms in total. The van der Waals surface area contributed by atoms with Gasteiger partial charge in [0, 0.05) is 18.0 Å². The van der Waals surface area contributed by atoms with E-state index in [9.17, 15) is 4.79 Å². The fourth-order valence-corrected chi connectivity index (χ4v) is 3.40. The lowest BCUT2D eigenvalue weighted by molar-refractivity contribution is -0.124. The highest BCUT2D eigenvalue weighted by molar-refractivity contribution is 5.84. The van der Waals surface area contributed by atoms with E-state index in [4.69, 9.17) is 5.73 Å². The van der Waals surface area contributed by atoms with Crippen molar-refractivity contribution in [2.24, 2.45) is 22.5 Å². The monoisotopic (exact) mass is 238 g/mol. The van der Waals surface area contributed by atoms with Crippen molar-refractivity contribution in [2.75, 3.05) is 0 Å². The number of amides is 1. The molecule has 0 bridgehead atoms. The number of carbonyl (C=O) groups is 1. The molecule has 0 radical (unpaired) electrons. The molecule has 98 valence electrons. The first-order valence-corrected chi connectivity index (χ1v) is 6.83. The molecule has 17 heavy (non-hydrogen) atoms. The van der Waals surface area contributed by atoms with Crippen LogP contribution in [0.4, 0.5) is 0 Å². The molecule has 2 aliphatic carbocycles. The molecule has 3 N–H and O–H groups in total. The predicted octanol–water partition coefficient (Wildman–Crippen LogP) is 2.05. The normalized spacial score (nSPS) is 35.4. The molecule has 0 aliphatic heterocycles. The Hall–Kier alpha value is -0.570. The lowest BCUT2D eigenvalue weighted by Gasteiger charge is -2.27. The van der Waals surface area contributed by atoms with Crippen LogP contribution in [-0.4, -0.2) is 18.0 Å². The fourth-order valence-electron chi connectivity index (χ4n) is 3.40. The van der Waals surface area contributed by atoms with Gasteiger partial charge in [0.15, 0.2) is 0 Å². The zero-order valence-corrected chi connectivity index (χ0v) is 11.5. The summed E-state index contributed by atoms with van der Waals surface area (Å²) in [4.78, 5) is 12.2. The van der Waals surface area contributed by atoms with E-state index in [1.54, 1.807) is 0 Å². The van der Waals surface area contributed by atoms with Crippen LogP contribution in [0, 0.1) is 16.7 Å². The smallest absolute Gasteiger partial charge is 0.224 e. The average molecular weight is 238 g/mol. The summed E-state index contributed by atoms with van der Waals surface area (Å²) in [5, 5.41) is 3.22. The van der Waals surface area contributed by atoms with Crippen molar-refractivity contribution in [2.45, 2.75) is 65.5 Å². The Bertz CT molecular complexity index is 300. The Balaban J connectivity index is 1.87. The summed E-state index contributed by atoms with van der Waals surface area (Å²) in [6, 6.07) is 0.700. The van der Waals surface area contributed by atoms with Crippen LogP contribution in [0.15, 0.2) is 0 Å². The molecule has 0 aromatic carbocycles. The summed E-state index contributed by atoms with van der Waals surface area (Å²) >= 11 is 0. The third-order valence-corrected chi connectivity index (χ3v) is 5.40. The molecule has 0 saturated heterocycles. The van der Waals surface area contributed by atoms with Crippen molar-refractivity contribution < 1.29 is 4.79 Å². The second kappa shape index (κ2) is 3.98. The Morgan fingerprint density at radius 3 is 1.94 bits per heavy atom. The molecule has 0 aromatic heterocycles. The van der Waals surface area contributed by atoms with Gasteiger partial charge in [-0.25, -0.2) is 0 Å². The first-order valence-electron chi connectivity index (χ1n) is 6.83. The lowest BCUT2D eigenvalue weighted by atomic mass is 9.91. The standard InChI is InChI=1S/C14H26N2O/c1-13(2)11(14(13,3)4)12(17)16-10-7-5-9(15)6-8-10/h9-11H,5-8,15H2,1-4H3,(H,16,17). The first kappa shape index (κ1) is 12.9. The van der Waals surface area contributed by atoms with Crippen molar-refractivity contribution in [1.29, 1.82) is 0 Å². The highest BCUT2D eigenvalue weighted by Gasteiger charge is 2.68. The number of nitrogens with one attached hydrogen (secondary N) is 1.